The Morgan fingerprint density at radius 1 is 0.975 bits per heavy atom. The SMILES string of the molecule is COc1ccc(-n2[nH]c(=O)cc2NC(=O)Nc2ccc(Oc3ccnc(NC(=O)NCCO)c3)c(Cl)c2Cl)cc1. The smallest absolute Gasteiger partial charge is 0.324 e. The van der Waals surface area contributed by atoms with Crippen LogP contribution in [0.5, 0.6) is 17.2 Å². The predicted octanol–water partition coefficient (Wildman–Crippen LogP) is 4.43. The maximum Gasteiger partial charge on any atom is 0.324 e. The van der Waals surface area contributed by atoms with Crippen molar-refractivity contribution in [1.82, 2.24) is 20.1 Å². The van der Waals surface area contributed by atoms with Crippen LogP contribution in [0.4, 0.5) is 26.9 Å². The van der Waals surface area contributed by atoms with E-state index < -0.39 is 17.6 Å². The fourth-order valence-corrected chi connectivity index (χ4v) is 3.80. The summed E-state index contributed by atoms with van der Waals surface area (Å²) in [6.07, 6.45) is 1.42. The van der Waals surface area contributed by atoms with E-state index >= 15 is 0 Å². The molecule has 0 spiro atoms. The number of anilines is 3. The van der Waals surface area contributed by atoms with Crippen molar-refractivity contribution in [3.05, 3.63) is 81.2 Å². The summed E-state index contributed by atoms with van der Waals surface area (Å²) in [7, 11) is 1.54. The monoisotopic (exact) mass is 587 g/mol. The Kier molecular flexibility index (Phi) is 9.11. The minimum atomic E-state index is -0.683. The number of amides is 4. The predicted molar refractivity (Wildman–Crippen MR) is 150 cm³/mol. The van der Waals surface area contributed by atoms with Crippen LogP contribution in [0.2, 0.25) is 10.0 Å². The highest BCUT2D eigenvalue weighted by Gasteiger charge is 2.16. The molecule has 40 heavy (non-hydrogen) atoms. The summed E-state index contributed by atoms with van der Waals surface area (Å²) < 4.78 is 12.3. The number of hydrogen-bond donors (Lipinski definition) is 6. The third-order valence-electron chi connectivity index (χ3n) is 5.20. The lowest BCUT2D eigenvalue weighted by Crippen LogP contribution is -2.31. The summed E-state index contributed by atoms with van der Waals surface area (Å²) in [6, 6.07) is 12.8. The summed E-state index contributed by atoms with van der Waals surface area (Å²) in [5, 5.41) is 21.6. The third-order valence-corrected chi connectivity index (χ3v) is 6.06. The Hall–Kier alpha value is -4.72. The van der Waals surface area contributed by atoms with Crippen molar-refractivity contribution in [2.24, 2.45) is 0 Å². The highest BCUT2D eigenvalue weighted by molar-refractivity contribution is 6.45. The van der Waals surface area contributed by atoms with Crippen molar-refractivity contribution in [3.8, 4) is 22.9 Å². The number of urea groups is 2. The van der Waals surface area contributed by atoms with Gasteiger partial charge in [-0.3, -0.25) is 20.5 Å². The second-order valence-corrected chi connectivity index (χ2v) is 8.70. The minimum Gasteiger partial charge on any atom is -0.497 e. The molecule has 208 valence electrons. The van der Waals surface area contributed by atoms with Gasteiger partial charge in [0.15, 0.2) is 0 Å². The number of aromatic nitrogens is 3. The van der Waals surface area contributed by atoms with Gasteiger partial charge in [-0.25, -0.2) is 19.3 Å². The molecule has 0 saturated carbocycles. The molecule has 0 aliphatic heterocycles. The summed E-state index contributed by atoms with van der Waals surface area (Å²) in [5.41, 5.74) is 0.345. The number of carbonyl (C=O) groups is 2. The van der Waals surface area contributed by atoms with Gasteiger partial charge in [-0.15, -0.1) is 0 Å². The standard InChI is InChI=1S/C25H23Cl2N7O6/c1-39-15-4-2-14(3-5-15)34-20(13-21(36)33-34)32-25(38)30-17-6-7-18(23(27)22(17)26)40-16-8-9-28-19(12-16)31-24(37)29-10-11-35/h2-9,12-13,35H,10-11H2,1H3,(H,33,36)(H2,30,32,38)(H2,28,29,31,37). The molecule has 4 aromatic rings. The molecule has 6 N–H and O–H groups in total. The van der Waals surface area contributed by atoms with E-state index in [-0.39, 0.29) is 46.3 Å². The molecule has 15 heteroatoms. The molecule has 0 aliphatic rings. The van der Waals surface area contributed by atoms with E-state index in [0.717, 1.165) is 0 Å². The van der Waals surface area contributed by atoms with Gasteiger partial charge in [-0.05, 0) is 42.5 Å². The number of nitrogens with one attached hydrogen (secondary N) is 5. The van der Waals surface area contributed by atoms with Crippen molar-refractivity contribution >= 4 is 52.6 Å². The van der Waals surface area contributed by atoms with Crippen LogP contribution in [-0.2, 0) is 0 Å². The Labute approximate surface area is 237 Å². The van der Waals surface area contributed by atoms with E-state index in [1.165, 1.54) is 42.3 Å². The molecule has 2 aromatic carbocycles. The number of benzene rings is 2. The number of halogens is 2. The van der Waals surface area contributed by atoms with Crippen LogP contribution in [-0.4, -0.2) is 52.2 Å². The topological polar surface area (TPSA) is 172 Å². The van der Waals surface area contributed by atoms with Gasteiger partial charge in [0.2, 0.25) is 0 Å². The number of rotatable bonds is 9. The fourth-order valence-electron chi connectivity index (χ4n) is 3.40. The molecule has 0 bridgehead atoms. The first kappa shape index (κ1) is 28.3. The van der Waals surface area contributed by atoms with E-state index in [1.54, 1.807) is 30.3 Å². The third kappa shape index (κ3) is 7.02. The van der Waals surface area contributed by atoms with Gasteiger partial charge in [0.25, 0.3) is 5.56 Å². The molecule has 0 fully saturated rings. The van der Waals surface area contributed by atoms with Gasteiger partial charge in [-0.1, -0.05) is 23.2 Å². The van der Waals surface area contributed by atoms with Crippen molar-refractivity contribution < 1.29 is 24.2 Å². The van der Waals surface area contributed by atoms with Crippen LogP contribution in [0.1, 0.15) is 0 Å². The van der Waals surface area contributed by atoms with Gasteiger partial charge in [0.1, 0.15) is 33.9 Å². The van der Waals surface area contributed by atoms with E-state index in [0.29, 0.717) is 17.2 Å². The van der Waals surface area contributed by atoms with Crippen LogP contribution in [0.3, 0.4) is 0 Å². The van der Waals surface area contributed by atoms with Crippen LogP contribution in [0.25, 0.3) is 5.69 Å². The summed E-state index contributed by atoms with van der Waals surface area (Å²) in [5.74, 6) is 1.49. The van der Waals surface area contributed by atoms with Crippen LogP contribution in [0.15, 0.2) is 65.6 Å². The fraction of sp³-hybridized carbons (Fsp3) is 0.120. The average Bonchev–Trinajstić information content (AvgIpc) is 3.31. The highest BCUT2D eigenvalue weighted by Crippen LogP contribution is 2.39. The first-order valence-corrected chi connectivity index (χ1v) is 12.3. The lowest BCUT2D eigenvalue weighted by atomic mass is 10.3. The van der Waals surface area contributed by atoms with E-state index in [9.17, 15) is 14.4 Å². The molecule has 2 heterocycles. The van der Waals surface area contributed by atoms with E-state index in [1.807, 2.05) is 0 Å². The number of pyridine rings is 1. The second-order valence-electron chi connectivity index (χ2n) is 7.94. The molecule has 0 aliphatic carbocycles. The van der Waals surface area contributed by atoms with E-state index in [2.05, 4.69) is 31.3 Å². The average molecular weight is 588 g/mol. The molecule has 4 amide bonds. The number of methoxy groups -OCH3 is 1. The molecular formula is C25H23Cl2N7O6. The van der Waals surface area contributed by atoms with Gasteiger partial charge in [0, 0.05) is 24.9 Å². The zero-order valence-corrected chi connectivity index (χ0v) is 22.3. The van der Waals surface area contributed by atoms with Gasteiger partial charge in [0.05, 0.1) is 30.1 Å². The van der Waals surface area contributed by atoms with Crippen molar-refractivity contribution in [1.29, 1.82) is 0 Å². The molecule has 0 saturated heterocycles. The maximum absolute atomic E-state index is 12.7. The zero-order chi connectivity index (χ0) is 28.6. The van der Waals surface area contributed by atoms with Gasteiger partial charge < -0.3 is 25.2 Å². The molecule has 4 rings (SSSR count). The molecule has 2 aromatic heterocycles. The minimum absolute atomic E-state index is 0.00622. The maximum atomic E-state index is 12.7. The summed E-state index contributed by atoms with van der Waals surface area (Å²) in [4.78, 5) is 40.5. The Bertz CT molecular complexity index is 1570. The number of H-pyrrole nitrogens is 1. The molecule has 13 nitrogen and oxygen atoms in total. The number of aliphatic hydroxyl groups is 1. The van der Waals surface area contributed by atoms with Crippen molar-refractivity contribution in [2.75, 3.05) is 36.2 Å². The molecular weight excluding hydrogens is 565 g/mol. The van der Waals surface area contributed by atoms with Crippen LogP contribution < -0.4 is 36.3 Å². The first-order chi connectivity index (χ1) is 19.3. The normalized spacial score (nSPS) is 10.5. The van der Waals surface area contributed by atoms with Gasteiger partial charge >= 0.3 is 12.1 Å². The molecule has 0 atom stereocenters. The van der Waals surface area contributed by atoms with Gasteiger partial charge in [-0.2, -0.15) is 0 Å². The number of hydrogen-bond acceptors (Lipinski definition) is 7. The Morgan fingerprint density at radius 3 is 2.48 bits per heavy atom. The molecule has 0 radical (unpaired) electrons. The number of carbonyl (C=O) groups excluding carboxylic acids is 2. The quantitative estimate of drug-likeness (QED) is 0.168. The highest BCUT2D eigenvalue weighted by atomic mass is 35.5. The lowest BCUT2D eigenvalue weighted by Gasteiger charge is -2.14. The van der Waals surface area contributed by atoms with Crippen LogP contribution >= 0.6 is 23.2 Å². The Morgan fingerprint density at radius 2 is 1.75 bits per heavy atom. The summed E-state index contributed by atoms with van der Waals surface area (Å²) in [6.45, 7) is -0.116. The summed E-state index contributed by atoms with van der Waals surface area (Å²) >= 11 is 12.8. The number of ether oxygens (including phenoxy) is 2. The molecule has 0 unspecified atom stereocenters. The second kappa shape index (κ2) is 12.9. The Balaban J connectivity index is 1.44. The lowest BCUT2D eigenvalue weighted by molar-refractivity contribution is 0.244. The largest absolute Gasteiger partial charge is 0.497 e. The number of nitrogens with zero attached hydrogens (tertiary/aromatic N) is 2. The van der Waals surface area contributed by atoms with Crippen molar-refractivity contribution in [2.45, 2.75) is 0 Å². The number of aliphatic hydroxyl groups excluding tert-OH is 1. The number of aromatic amines is 1. The first-order valence-electron chi connectivity index (χ1n) is 11.6. The van der Waals surface area contributed by atoms with Crippen LogP contribution in [0, 0.1) is 0 Å². The zero-order valence-electron chi connectivity index (χ0n) is 20.8. The van der Waals surface area contributed by atoms with Crippen molar-refractivity contribution in [3.63, 3.8) is 0 Å². The van der Waals surface area contributed by atoms with E-state index in [4.69, 9.17) is 37.8 Å².